The minimum absolute atomic E-state index is 0.225. The summed E-state index contributed by atoms with van der Waals surface area (Å²) in [5.74, 6) is -0.239. The molecule has 14 heavy (non-hydrogen) atoms. The van der Waals surface area contributed by atoms with Crippen LogP contribution in [0.15, 0.2) is 5.38 Å². The zero-order chi connectivity index (χ0) is 10.8. The van der Waals surface area contributed by atoms with Gasteiger partial charge in [0.1, 0.15) is 5.69 Å². The third kappa shape index (κ3) is 3.43. The fourth-order valence-electron chi connectivity index (χ4n) is 0.855. The Morgan fingerprint density at radius 1 is 1.71 bits per heavy atom. The summed E-state index contributed by atoms with van der Waals surface area (Å²) in [6, 6.07) is 0. The molecule has 78 valence electrons. The molecule has 1 heterocycles. The van der Waals surface area contributed by atoms with Crippen molar-refractivity contribution >= 4 is 17.2 Å². The Bertz CT molecular complexity index is 328. The Morgan fingerprint density at radius 2 is 2.36 bits per heavy atom. The molecule has 0 atom stereocenters. The first kappa shape index (κ1) is 11.1. The SMILES string of the molecule is Cc1nc(C(=O)NCC(C)(C)O)cs1. The van der Waals surface area contributed by atoms with Gasteiger partial charge in [-0.25, -0.2) is 4.98 Å². The Kier molecular flexibility index (Phi) is 3.23. The van der Waals surface area contributed by atoms with Crippen LogP contribution in [-0.4, -0.2) is 28.1 Å². The molecule has 0 fully saturated rings. The van der Waals surface area contributed by atoms with Crippen LogP contribution in [0.2, 0.25) is 0 Å². The zero-order valence-electron chi connectivity index (χ0n) is 8.50. The van der Waals surface area contributed by atoms with Gasteiger partial charge in [0, 0.05) is 11.9 Å². The first-order chi connectivity index (χ1) is 6.38. The zero-order valence-corrected chi connectivity index (χ0v) is 9.31. The summed E-state index contributed by atoms with van der Waals surface area (Å²) < 4.78 is 0. The van der Waals surface area contributed by atoms with E-state index in [1.165, 1.54) is 11.3 Å². The van der Waals surface area contributed by atoms with Crippen molar-refractivity contribution in [1.82, 2.24) is 10.3 Å². The number of amides is 1. The van der Waals surface area contributed by atoms with E-state index in [-0.39, 0.29) is 12.5 Å². The first-order valence-electron chi connectivity index (χ1n) is 4.31. The molecule has 0 aliphatic rings. The van der Waals surface area contributed by atoms with Crippen LogP contribution >= 0.6 is 11.3 Å². The lowest BCUT2D eigenvalue weighted by molar-refractivity contribution is 0.0692. The molecule has 1 rings (SSSR count). The van der Waals surface area contributed by atoms with E-state index in [1.807, 2.05) is 6.92 Å². The summed E-state index contributed by atoms with van der Waals surface area (Å²) in [6.45, 7) is 5.35. The van der Waals surface area contributed by atoms with Crippen LogP contribution < -0.4 is 5.32 Å². The highest BCUT2D eigenvalue weighted by Gasteiger charge is 2.15. The molecule has 0 saturated carbocycles. The molecule has 2 N–H and O–H groups in total. The maximum Gasteiger partial charge on any atom is 0.270 e. The molecule has 0 saturated heterocycles. The minimum atomic E-state index is -0.888. The van der Waals surface area contributed by atoms with Crippen molar-refractivity contribution in [3.8, 4) is 0 Å². The number of aryl methyl sites for hydroxylation is 1. The fourth-order valence-corrected chi connectivity index (χ4v) is 1.45. The monoisotopic (exact) mass is 214 g/mol. The van der Waals surface area contributed by atoms with Gasteiger partial charge in [0.25, 0.3) is 5.91 Å². The van der Waals surface area contributed by atoms with Crippen LogP contribution in [0.3, 0.4) is 0 Å². The molecule has 5 heteroatoms. The van der Waals surface area contributed by atoms with Crippen molar-refractivity contribution in [1.29, 1.82) is 0 Å². The van der Waals surface area contributed by atoms with Gasteiger partial charge in [-0.1, -0.05) is 0 Å². The van der Waals surface area contributed by atoms with Crippen LogP contribution in [0.5, 0.6) is 0 Å². The average Bonchev–Trinajstić information content (AvgIpc) is 2.46. The van der Waals surface area contributed by atoms with E-state index < -0.39 is 5.60 Å². The normalized spacial score (nSPS) is 11.4. The summed E-state index contributed by atoms with van der Waals surface area (Å²) in [6.07, 6.45) is 0. The molecule has 1 amide bonds. The van der Waals surface area contributed by atoms with E-state index >= 15 is 0 Å². The summed E-state index contributed by atoms with van der Waals surface area (Å²) in [7, 11) is 0. The van der Waals surface area contributed by atoms with Gasteiger partial charge >= 0.3 is 0 Å². The maximum atomic E-state index is 11.4. The molecule has 0 aromatic carbocycles. The quantitative estimate of drug-likeness (QED) is 0.787. The number of nitrogens with zero attached hydrogens (tertiary/aromatic N) is 1. The molecule has 1 aromatic heterocycles. The van der Waals surface area contributed by atoms with E-state index in [2.05, 4.69) is 10.3 Å². The molecule has 0 aliphatic heterocycles. The van der Waals surface area contributed by atoms with Crippen molar-refractivity contribution in [2.45, 2.75) is 26.4 Å². The van der Waals surface area contributed by atoms with Gasteiger partial charge < -0.3 is 10.4 Å². The molecular formula is C9H14N2O2S. The van der Waals surface area contributed by atoms with Crippen molar-refractivity contribution in [3.05, 3.63) is 16.1 Å². The van der Waals surface area contributed by atoms with Gasteiger partial charge in [0.05, 0.1) is 10.6 Å². The number of carbonyl (C=O) groups excluding carboxylic acids is 1. The molecule has 0 spiro atoms. The highest BCUT2D eigenvalue weighted by atomic mass is 32.1. The number of hydrogen-bond donors (Lipinski definition) is 2. The van der Waals surface area contributed by atoms with Crippen molar-refractivity contribution in [2.75, 3.05) is 6.54 Å². The summed E-state index contributed by atoms with van der Waals surface area (Å²) in [4.78, 5) is 15.5. The Morgan fingerprint density at radius 3 is 2.79 bits per heavy atom. The minimum Gasteiger partial charge on any atom is -0.389 e. The Labute approximate surface area is 87.0 Å². The van der Waals surface area contributed by atoms with Crippen LogP contribution in [0.4, 0.5) is 0 Å². The van der Waals surface area contributed by atoms with Crippen LogP contribution in [0.1, 0.15) is 29.3 Å². The second kappa shape index (κ2) is 4.06. The second-order valence-corrected chi connectivity index (χ2v) is 4.81. The number of carbonyl (C=O) groups is 1. The fraction of sp³-hybridized carbons (Fsp3) is 0.556. The summed E-state index contributed by atoms with van der Waals surface area (Å²) >= 11 is 1.43. The van der Waals surface area contributed by atoms with E-state index in [4.69, 9.17) is 0 Å². The highest BCUT2D eigenvalue weighted by Crippen LogP contribution is 2.07. The predicted molar refractivity (Wildman–Crippen MR) is 55.5 cm³/mol. The third-order valence-electron chi connectivity index (χ3n) is 1.53. The number of nitrogens with one attached hydrogen (secondary N) is 1. The van der Waals surface area contributed by atoms with Crippen molar-refractivity contribution < 1.29 is 9.90 Å². The lowest BCUT2D eigenvalue weighted by Gasteiger charge is -2.16. The van der Waals surface area contributed by atoms with Gasteiger partial charge in [-0.2, -0.15) is 0 Å². The van der Waals surface area contributed by atoms with Gasteiger partial charge in [-0.3, -0.25) is 4.79 Å². The molecule has 0 bridgehead atoms. The largest absolute Gasteiger partial charge is 0.389 e. The van der Waals surface area contributed by atoms with E-state index in [1.54, 1.807) is 19.2 Å². The number of aromatic nitrogens is 1. The van der Waals surface area contributed by atoms with Gasteiger partial charge in [0.15, 0.2) is 0 Å². The van der Waals surface area contributed by atoms with Gasteiger partial charge in [-0.15, -0.1) is 11.3 Å². The standard InChI is InChI=1S/C9H14N2O2S/c1-6-11-7(4-14-6)8(12)10-5-9(2,3)13/h4,13H,5H2,1-3H3,(H,10,12). The van der Waals surface area contributed by atoms with Crippen molar-refractivity contribution in [2.24, 2.45) is 0 Å². The van der Waals surface area contributed by atoms with Gasteiger partial charge in [-0.05, 0) is 20.8 Å². The smallest absolute Gasteiger partial charge is 0.270 e. The number of thiazole rings is 1. The number of rotatable bonds is 3. The van der Waals surface area contributed by atoms with E-state index in [9.17, 15) is 9.90 Å². The molecule has 4 nitrogen and oxygen atoms in total. The molecule has 0 aliphatic carbocycles. The first-order valence-corrected chi connectivity index (χ1v) is 5.19. The van der Waals surface area contributed by atoms with Crippen LogP contribution in [-0.2, 0) is 0 Å². The highest BCUT2D eigenvalue weighted by molar-refractivity contribution is 7.09. The Hall–Kier alpha value is -0.940. The van der Waals surface area contributed by atoms with E-state index in [0.717, 1.165) is 5.01 Å². The Balaban J connectivity index is 2.52. The summed E-state index contributed by atoms with van der Waals surface area (Å²) in [5.41, 5.74) is -0.475. The van der Waals surface area contributed by atoms with E-state index in [0.29, 0.717) is 5.69 Å². The third-order valence-corrected chi connectivity index (χ3v) is 2.31. The van der Waals surface area contributed by atoms with Gasteiger partial charge in [0.2, 0.25) is 0 Å². The number of hydrogen-bond acceptors (Lipinski definition) is 4. The molecule has 1 aromatic rings. The topological polar surface area (TPSA) is 62.2 Å². The molecular weight excluding hydrogens is 200 g/mol. The lowest BCUT2D eigenvalue weighted by Crippen LogP contribution is -2.38. The molecule has 0 radical (unpaired) electrons. The predicted octanol–water partition coefficient (Wildman–Crippen LogP) is 0.952. The molecule has 0 unspecified atom stereocenters. The maximum absolute atomic E-state index is 11.4. The second-order valence-electron chi connectivity index (χ2n) is 3.75. The van der Waals surface area contributed by atoms with Crippen LogP contribution in [0, 0.1) is 6.92 Å². The number of aliphatic hydroxyl groups is 1. The van der Waals surface area contributed by atoms with Crippen LogP contribution in [0.25, 0.3) is 0 Å². The van der Waals surface area contributed by atoms with Crippen molar-refractivity contribution in [3.63, 3.8) is 0 Å². The average molecular weight is 214 g/mol. The lowest BCUT2D eigenvalue weighted by atomic mass is 10.1. The summed E-state index contributed by atoms with van der Waals surface area (Å²) in [5, 5.41) is 14.6.